The second-order valence-electron chi connectivity index (χ2n) is 4.60. The Labute approximate surface area is 125 Å². The Hall–Kier alpha value is -2.31. The molecule has 0 aliphatic heterocycles. The largest absolute Gasteiger partial charge is 0.392 e. The number of benzene rings is 1. The number of nitro groups is 2. The lowest BCUT2D eigenvalue weighted by molar-refractivity contribution is -0.393. The second kappa shape index (κ2) is 6.21. The monoisotopic (exact) mass is 334 g/mol. The van der Waals surface area contributed by atoms with E-state index in [1.807, 2.05) is 0 Å². The van der Waals surface area contributed by atoms with Crippen LogP contribution in [0.25, 0.3) is 0 Å². The van der Waals surface area contributed by atoms with Crippen LogP contribution in [0.3, 0.4) is 0 Å². The van der Waals surface area contributed by atoms with Crippen LogP contribution in [-0.2, 0) is 10.0 Å². The van der Waals surface area contributed by atoms with Crippen LogP contribution < -0.4 is 10.0 Å². The van der Waals surface area contributed by atoms with Crippen LogP contribution in [0.5, 0.6) is 0 Å². The van der Waals surface area contributed by atoms with Crippen molar-refractivity contribution in [1.29, 1.82) is 0 Å². The lowest BCUT2D eigenvalue weighted by Gasteiger charge is -2.20. The maximum Gasteiger partial charge on any atom is 0.301 e. The predicted octanol–water partition coefficient (Wildman–Crippen LogP) is -0.0326. The van der Waals surface area contributed by atoms with E-state index in [4.69, 9.17) is 5.14 Å². The number of hydrogen-bond acceptors (Lipinski definition) is 8. The first-order valence-electron chi connectivity index (χ1n) is 5.84. The molecule has 0 amide bonds. The van der Waals surface area contributed by atoms with E-state index in [9.17, 15) is 33.8 Å². The van der Waals surface area contributed by atoms with Crippen LogP contribution in [-0.4, -0.2) is 43.1 Å². The van der Waals surface area contributed by atoms with Crippen molar-refractivity contribution >= 4 is 27.1 Å². The smallest absolute Gasteiger partial charge is 0.301 e. The topological polar surface area (TPSA) is 170 Å². The summed E-state index contributed by atoms with van der Waals surface area (Å²) in [5, 5.41) is 36.5. The molecule has 1 aromatic carbocycles. The number of likely N-dealkylation sites (N-methyl/N-ethyl adjacent to an activating group) is 1. The minimum Gasteiger partial charge on any atom is -0.392 e. The van der Waals surface area contributed by atoms with E-state index in [0.717, 1.165) is 4.90 Å². The van der Waals surface area contributed by atoms with Gasteiger partial charge >= 0.3 is 11.4 Å². The Morgan fingerprint density at radius 1 is 1.27 bits per heavy atom. The molecule has 0 spiro atoms. The second-order valence-corrected chi connectivity index (χ2v) is 6.16. The summed E-state index contributed by atoms with van der Waals surface area (Å²) in [6.45, 7) is 1.27. The van der Waals surface area contributed by atoms with Crippen LogP contribution in [0, 0.1) is 20.2 Å². The van der Waals surface area contributed by atoms with Gasteiger partial charge < -0.3 is 10.0 Å². The van der Waals surface area contributed by atoms with Crippen molar-refractivity contribution in [3.8, 4) is 0 Å². The summed E-state index contributed by atoms with van der Waals surface area (Å²) < 4.78 is 22.6. The van der Waals surface area contributed by atoms with Gasteiger partial charge in [0.15, 0.2) is 5.69 Å². The molecule has 0 saturated heterocycles. The molecule has 0 saturated carbocycles. The molecule has 0 fully saturated rings. The maximum absolute atomic E-state index is 11.3. The van der Waals surface area contributed by atoms with Gasteiger partial charge in [-0.15, -0.1) is 0 Å². The maximum atomic E-state index is 11.3. The molecule has 0 radical (unpaired) electrons. The van der Waals surface area contributed by atoms with Gasteiger partial charge in [-0.05, 0) is 6.92 Å². The third-order valence-corrected chi connectivity index (χ3v) is 3.58. The molecule has 0 heterocycles. The summed E-state index contributed by atoms with van der Waals surface area (Å²) in [6, 6.07) is 1.30. The summed E-state index contributed by atoms with van der Waals surface area (Å²) in [5.74, 6) is 0. The molecular weight excluding hydrogens is 320 g/mol. The molecule has 11 nitrogen and oxygen atoms in total. The van der Waals surface area contributed by atoms with Gasteiger partial charge in [0.05, 0.1) is 20.8 Å². The number of rotatable bonds is 6. The fraction of sp³-hybridized carbons (Fsp3) is 0.400. The summed E-state index contributed by atoms with van der Waals surface area (Å²) in [4.78, 5) is 20.7. The number of nitrogens with two attached hydrogens (primary N) is 1. The fourth-order valence-electron chi connectivity index (χ4n) is 1.90. The minimum atomic E-state index is -4.36. The summed E-state index contributed by atoms with van der Waals surface area (Å²) in [6.07, 6.45) is -0.915. The van der Waals surface area contributed by atoms with Gasteiger partial charge in [-0.3, -0.25) is 20.2 Å². The van der Waals surface area contributed by atoms with Crippen molar-refractivity contribution in [2.24, 2.45) is 5.14 Å². The first-order chi connectivity index (χ1) is 9.95. The summed E-state index contributed by atoms with van der Waals surface area (Å²) in [7, 11) is -3.05. The Kier molecular flexibility index (Phi) is 5.01. The molecular formula is C10H14N4O7S. The van der Waals surface area contributed by atoms with E-state index in [1.165, 1.54) is 14.0 Å². The summed E-state index contributed by atoms with van der Waals surface area (Å²) in [5.41, 5.74) is -1.99. The Morgan fingerprint density at radius 2 is 1.68 bits per heavy atom. The Balaban J connectivity index is 3.72. The van der Waals surface area contributed by atoms with Crippen molar-refractivity contribution in [3.63, 3.8) is 0 Å². The number of sulfonamides is 1. The Morgan fingerprint density at radius 3 is 1.95 bits per heavy atom. The zero-order chi connectivity index (χ0) is 17.2. The lowest BCUT2D eigenvalue weighted by Crippen LogP contribution is -2.28. The zero-order valence-electron chi connectivity index (χ0n) is 11.7. The number of nitrogens with zero attached hydrogens (tertiary/aromatic N) is 3. The minimum absolute atomic E-state index is 0.129. The van der Waals surface area contributed by atoms with Gasteiger partial charge in [-0.2, -0.15) is 0 Å². The molecule has 1 rings (SSSR count). The van der Waals surface area contributed by atoms with E-state index in [2.05, 4.69) is 0 Å². The molecule has 0 aliphatic rings. The zero-order valence-corrected chi connectivity index (χ0v) is 12.5. The highest BCUT2D eigenvalue weighted by molar-refractivity contribution is 7.89. The third-order valence-electron chi connectivity index (χ3n) is 2.68. The highest BCUT2D eigenvalue weighted by Gasteiger charge is 2.32. The van der Waals surface area contributed by atoms with E-state index < -0.39 is 47.9 Å². The third kappa shape index (κ3) is 3.87. The number of aliphatic hydroxyl groups is 1. The normalized spacial score (nSPS) is 12.7. The van der Waals surface area contributed by atoms with E-state index in [1.54, 1.807) is 0 Å². The SMILES string of the molecule is CC(O)CN(C)c1c([N+](=O)[O-])cc(S(N)(=O)=O)cc1[N+](=O)[O-]. The van der Waals surface area contributed by atoms with E-state index >= 15 is 0 Å². The number of hydrogen-bond donors (Lipinski definition) is 2. The molecule has 22 heavy (non-hydrogen) atoms. The van der Waals surface area contributed by atoms with Gasteiger partial charge in [0.1, 0.15) is 0 Å². The van der Waals surface area contributed by atoms with Gasteiger partial charge in [-0.1, -0.05) is 0 Å². The van der Waals surface area contributed by atoms with E-state index in [-0.39, 0.29) is 6.54 Å². The van der Waals surface area contributed by atoms with Crippen molar-refractivity contribution in [1.82, 2.24) is 0 Å². The molecule has 0 aromatic heterocycles. The average Bonchev–Trinajstić information content (AvgIpc) is 2.34. The highest BCUT2D eigenvalue weighted by atomic mass is 32.2. The lowest BCUT2D eigenvalue weighted by atomic mass is 10.2. The molecule has 0 aliphatic carbocycles. The first-order valence-corrected chi connectivity index (χ1v) is 7.38. The molecule has 1 atom stereocenters. The van der Waals surface area contributed by atoms with E-state index in [0.29, 0.717) is 12.1 Å². The first kappa shape index (κ1) is 17.7. The fourth-order valence-corrected chi connectivity index (χ4v) is 2.45. The van der Waals surface area contributed by atoms with Crippen LogP contribution in [0.2, 0.25) is 0 Å². The quantitative estimate of drug-likeness (QED) is 0.539. The highest BCUT2D eigenvalue weighted by Crippen LogP contribution is 2.39. The number of aliphatic hydroxyl groups excluding tert-OH is 1. The van der Waals surface area contributed by atoms with Crippen LogP contribution in [0.4, 0.5) is 17.1 Å². The van der Waals surface area contributed by atoms with Crippen molar-refractivity contribution in [3.05, 3.63) is 32.4 Å². The van der Waals surface area contributed by atoms with Crippen LogP contribution in [0.1, 0.15) is 6.92 Å². The molecule has 1 unspecified atom stereocenters. The molecule has 0 bridgehead atoms. The molecule has 12 heteroatoms. The average molecular weight is 334 g/mol. The Bertz CT molecular complexity index is 681. The summed E-state index contributed by atoms with van der Waals surface area (Å²) >= 11 is 0. The number of nitro benzene ring substituents is 2. The van der Waals surface area contributed by atoms with Gasteiger partial charge in [0.25, 0.3) is 0 Å². The number of anilines is 1. The van der Waals surface area contributed by atoms with Crippen molar-refractivity contribution in [2.45, 2.75) is 17.9 Å². The van der Waals surface area contributed by atoms with Crippen LogP contribution >= 0.6 is 0 Å². The standard InChI is InChI=1S/C10H14N4O7S/c1-6(15)5-12(2)10-8(13(16)17)3-7(22(11,20)21)4-9(10)14(18)19/h3-4,6,15H,5H2,1-2H3,(H2,11,20,21). The molecule has 1 aromatic rings. The van der Waals surface area contributed by atoms with Crippen molar-refractivity contribution in [2.75, 3.05) is 18.5 Å². The molecule has 3 N–H and O–H groups in total. The number of primary sulfonamides is 1. The van der Waals surface area contributed by atoms with Gasteiger partial charge in [0.2, 0.25) is 10.0 Å². The van der Waals surface area contributed by atoms with Crippen LogP contribution in [0.15, 0.2) is 17.0 Å². The predicted molar refractivity (Wildman–Crippen MR) is 76.1 cm³/mol. The van der Waals surface area contributed by atoms with Crippen molar-refractivity contribution < 1.29 is 23.4 Å². The van der Waals surface area contributed by atoms with Gasteiger partial charge in [-0.25, -0.2) is 13.6 Å². The van der Waals surface area contributed by atoms with Gasteiger partial charge in [0, 0.05) is 25.7 Å². The molecule has 122 valence electrons.